The molecule has 7 nitrogen and oxygen atoms in total. The molecular weight excluding hydrogens is 402 g/mol. The molecule has 1 aromatic heterocycles. The van der Waals surface area contributed by atoms with E-state index in [9.17, 15) is 9.59 Å². The zero-order valence-corrected chi connectivity index (χ0v) is 19.5. The standard InChI is InChI=1S/C25H37N5O2/c1-18-20-11-12-22(31)30(16-19-8-3-2-4-9-19)25(20)27-24(26-18)21-10-7-15-29(21)23(32)17-28-13-5-6-14-28/h19,21H,2-17H2,1H3/t21-/m1/s1. The van der Waals surface area contributed by atoms with E-state index in [4.69, 9.17) is 9.97 Å². The molecule has 2 amide bonds. The van der Waals surface area contributed by atoms with Crippen LogP contribution in [0.4, 0.5) is 5.82 Å². The van der Waals surface area contributed by atoms with Gasteiger partial charge in [-0.25, -0.2) is 9.97 Å². The lowest BCUT2D eigenvalue weighted by molar-refractivity contribution is -0.133. The Bertz CT molecular complexity index is 860. The number of carbonyl (C=O) groups excluding carboxylic acids is 2. The zero-order valence-electron chi connectivity index (χ0n) is 19.5. The Hall–Kier alpha value is -2.02. The predicted molar refractivity (Wildman–Crippen MR) is 123 cm³/mol. The van der Waals surface area contributed by atoms with Crippen molar-refractivity contribution in [1.29, 1.82) is 0 Å². The minimum absolute atomic E-state index is 0.0670. The molecule has 0 spiro atoms. The lowest BCUT2D eigenvalue weighted by atomic mass is 9.88. The first-order chi connectivity index (χ1) is 15.6. The van der Waals surface area contributed by atoms with E-state index in [-0.39, 0.29) is 17.9 Å². The fourth-order valence-corrected chi connectivity index (χ4v) is 6.12. The molecule has 7 heteroatoms. The monoisotopic (exact) mass is 439 g/mol. The number of anilines is 1. The van der Waals surface area contributed by atoms with Crippen molar-refractivity contribution in [2.45, 2.75) is 83.6 Å². The minimum Gasteiger partial charge on any atom is -0.331 e. The van der Waals surface area contributed by atoms with Gasteiger partial charge < -0.3 is 4.90 Å². The number of aromatic nitrogens is 2. The summed E-state index contributed by atoms with van der Waals surface area (Å²) in [5, 5.41) is 0. The van der Waals surface area contributed by atoms with E-state index in [1.165, 1.54) is 44.9 Å². The third kappa shape index (κ3) is 4.41. The molecule has 1 atom stereocenters. The predicted octanol–water partition coefficient (Wildman–Crippen LogP) is 3.40. The van der Waals surface area contributed by atoms with E-state index in [1.807, 2.05) is 16.7 Å². The Morgan fingerprint density at radius 2 is 1.72 bits per heavy atom. The van der Waals surface area contributed by atoms with Crippen LogP contribution in [0.5, 0.6) is 0 Å². The number of hydrogen-bond acceptors (Lipinski definition) is 5. The van der Waals surface area contributed by atoms with E-state index < -0.39 is 0 Å². The highest BCUT2D eigenvalue weighted by atomic mass is 16.2. The normalized spacial score (nSPS) is 24.9. The summed E-state index contributed by atoms with van der Waals surface area (Å²) < 4.78 is 0. The van der Waals surface area contributed by atoms with E-state index in [1.54, 1.807) is 0 Å². The highest BCUT2D eigenvalue weighted by molar-refractivity contribution is 5.95. The first kappa shape index (κ1) is 21.8. The van der Waals surface area contributed by atoms with Gasteiger partial charge in [0.25, 0.3) is 0 Å². The summed E-state index contributed by atoms with van der Waals surface area (Å²) in [4.78, 5) is 42.1. The van der Waals surface area contributed by atoms with Crippen LogP contribution >= 0.6 is 0 Å². The number of carbonyl (C=O) groups is 2. The van der Waals surface area contributed by atoms with Gasteiger partial charge in [0, 0.05) is 30.8 Å². The second-order valence-electron chi connectivity index (χ2n) is 10.2. The second kappa shape index (κ2) is 9.46. The lowest BCUT2D eigenvalue weighted by Crippen LogP contribution is -2.42. The van der Waals surface area contributed by atoms with Crippen LogP contribution in [0.25, 0.3) is 0 Å². The molecule has 0 N–H and O–H groups in total. The maximum Gasteiger partial charge on any atom is 0.237 e. The Morgan fingerprint density at radius 1 is 0.938 bits per heavy atom. The third-order valence-corrected chi connectivity index (χ3v) is 7.95. The van der Waals surface area contributed by atoms with Crippen molar-refractivity contribution in [1.82, 2.24) is 19.8 Å². The van der Waals surface area contributed by atoms with Gasteiger partial charge in [0.1, 0.15) is 5.82 Å². The van der Waals surface area contributed by atoms with Crippen LogP contribution in [0.3, 0.4) is 0 Å². The summed E-state index contributed by atoms with van der Waals surface area (Å²) in [7, 11) is 0. The summed E-state index contributed by atoms with van der Waals surface area (Å²) in [5.41, 5.74) is 2.10. The fraction of sp³-hybridized carbons (Fsp3) is 0.760. The summed E-state index contributed by atoms with van der Waals surface area (Å²) in [6, 6.07) is -0.0670. The molecule has 0 radical (unpaired) electrons. The summed E-state index contributed by atoms with van der Waals surface area (Å²) in [6.07, 6.45) is 11.8. The van der Waals surface area contributed by atoms with Crippen LogP contribution in [0.2, 0.25) is 0 Å². The smallest absolute Gasteiger partial charge is 0.237 e. The first-order valence-electron chi connectivity index (χ1n) is 12.8. The average Bonchev–Trinajstić information content (AvgIpc) is 3.48. The third-order valence-electron chi connectivity index (χ3n) is 7.95. The largest absolute Gasteiger partial charge is 0.331 e. The second-order valence-corrected chi connectivity index (χ2v) is 10.2. The van der Waals surface area contributed by atoms with Crippen molar-refractivity contribution in [3.8, 4) is 0 Å². The molecule has 4 aliphatic rings. The van der Waals surface area contributed by atoms with Crippen LogP contribution in [-0.2, 0) is 16.0 Å². The maximum atomic E-state index is 13.1. The van der Waals surface area contributed by atoms with Crippen LogP contribution in [-0.4, -0.2) is 64.3 Å². The molecule has 2 saturated heterocycles. The van der Waals surface area contributed by atoms with E-state index in [2.05, 4.69) is 4.90 Å². The van der Waals surface area contributed by atoms with Gasteiger partial charge in [0.05, 0.1) is 12.6 Å². The van der Waals surface area contributed by atoms with Gasteiger partial charge in [0.2, 0.25) is 11.8 Å². The Labute approximate surface area is 191 Å². The van der Waals surface area contributed by atoms with Gasteiger partial charge in [-0.3, -0.25) is 19.4 Å². The van der Waals surface area contributed by atoms with Crippen molar-refractivity contribution in [2.75, 3.05) is 37.6 Å². The number of amides is 2. The molecular formula is C25H37N5O2. The van der Waals surface area contributed by atoms with E-state index >= 15 is 0 Å². The minimum atomic E-state index is -0.0670. The summed E-state index contributed by atoms with van der Waals surface area (Å²) >= 11 is 0. The Kier molecular flexibility index (Phi) is 6.44. The summed E-state index contributed by atoms with van der Waals surface area (Å²) in [6.45, 7) is 6.16. The maximum absolute atomic E-state index is 13.1. The Balaban J connectivity index is 1.39. The average molecular weight is 440 g/mol. The molecule has 1 saturated carbocycles. The topological polar surface area (TPSA) is 69.6 Å². The quantitative estimate of drug-likeness (QED) is 0.703. The first-order valence-corrected chi connectivity index (χ1v) is 12.8. The number of fused-ring (bicyclic) bond motifs is 1. The Morgan fingerprint density at radius 3 is 2.50 bits per heavy atom. The van der Waals surface area contributed by atoms with Crippen molar-refractivity contribution in [3.05, 3.63) is 17.1 Å². The van der Waals surface area contributed by atoms with Crippen LogP contribution < -0.4 is 4.90 Å². The summed E-state index contributed by atoms with van der Waals surface area (Å²) in [5.74, 6) is 2.52. The van der Waals surface area contributed by atoms with Crippen LogP contribution in [0, 0.1) is 12.8 Å². The highest BCUT2D eigenvalue weighted by Crippen LogP contribution is 2.36. The number of rotatable bonds is 5. The van der Waals surface area contributed by atoms with Gasteiger partial charge >= 0.3 is 0 Å². The molecule has 3 aliphatic heterocycles. The van der Waals surface area contributed by atoms with Crippen LogP contribution in [0.1, 0.15) is 87.3 Å². The van der Waals surface area contributed by atoms with Gasteiger partial charge in [-0.1, -0.05) is 19.3 Å². The number of nitrogens with zero attached hydrogens (tertiary/aromatic N) is 5. The molecule has 1 aromatic rings. The SMILES string of the molecule is Cc1nc([C@H]2CCCN2C(=O)CN2CCCC2)nc2c1CCC(=O)N2CC1CCCCC1. The molecule has 5 rings (SSSR count). The zero-order chi connectivity index (χ0) is 22.1. The molecule has 1 aliphatic carbocycles. The van der Waals surface area contributed by atoms with Gasteiger partial charge in [-0.2, -0.15) is 0 Å². The van der Waals surface area contributed by atoms with Crippen molar-refractivity contribution in [3.63, 3.8) is 0 Å². The number of aryl methyl sites for hydroxylation is 1. The molecule has 0 bridgehead atoms. The molecule has 0 unspecified atom stereocenters. The molecule has 32 heavy (non-hydrogen) atoms. The van der Waals surface area contributed by atoms with E-state index in [0.29, 0.717) is 18.9 Å². The molecule has 4 heterocycles. The van der Waals surface area contributed by atoms with Crippen molar-refractivity contribution >= 4 is 17.6 Å². The fourth-order valence-electron chi connectivity index (χ4n) is 6.12. The van der Waals surface area contributed by atoms with Crippen molar-refractivity contribution < 1.29 is 9.59 Å². The lowest BCUT2D eigenvalue weighted by Gasteiger charge is -2.34. The number of likely N-dealkylation sites (tertiary alicyclic amines) is 2. The van der Waals surface area contributed by atoms with Crippen LogP contribution in [0.15, 0.2) is 0 Å². The molecule has 3 fully saturated rings. The van der Waals surface area contributed by atoms with Crippen molar-refractivity contribution in [2.24, 2.45) is 5.92 Å². The highest BCUT2D eigenvalue weighted by Gasteiger charge is 2.36. The van der Waals surface area contributed by atoms with Gasteiger partial charge in [-0.15, -0.1) is 0 Å². The number of hydrogen-bond donors (Lipinski definition) is 0. The molecule has 174 valence electrons. The van der Waals surface area contributed by atoms with Gasteiger partial charge in [0.15, 0.2) is 5.82 Å². The van der Waals surface area contributed by atoms with Gasteiger partial charge in [-0.05, 0) is 70.9 Å². The van der Waals surface area contributed by atoms with E-state index in [0.717, 1.165) is 68.3 Å². The molecule has 0 aromatic carbocycles.